The Hall–Kier alpha value is -2.77. The van der Waals surface area contributed by atoms with Crippen molar-refractivity contribution in [2.24, 2.45) is 0 Å². The van der Waals surface area contributed by atoms with Crippen molar-refractivity contribution in [2.45, 2.75) is 89.5 Å². The maximum Gasteiger partial charge on any atom is 0.261 e. The molecule has 5 rings (SSSR count). The Morgan fingerprint density at radius 1 is 0.452 bits per heavy atom. The molecule has 1 saturated carbocycles. The first-order valence-corrected chi connectivity index (χ1v) is 19.5. The molecule has 220 valence electrons. The van der Waals surface area contributed by atoms with Gasteiger partial charge < -0.3 is 8.85 Å². The van der Waals surface area contributed by atoms with E-state index in [0.29, 0.717) is 0 Å². The first kappa shape index (κ1) is 30.7. The summed E-state index contributed by atoms with van der Waals surface area (Å²) < 4.78 is 15.3. The van der Waals surface area contributed by atoms with Crippen LogP contribution in [0.2, 0.25) is 10.1 Å². The average molecular weight is 593 g/mol. The van der Waals surface area contributed by atoms with Gasteiger partial charge in [0.15, 0.2) is 0 Å². The van der Waals surface area contributed by atoms with Gasteiger partial charge in [0.25, 0.3) is 16.6 Å². The molecule has 0 spiro atoms. The molecule has 4 aromatic rings. The second-order valence-electron chi connectivity index (χ2n) is 14.0. The lowest BCUT2D eigenvalue weighted by molar-refractivity contribution is 0.0570. The van der Waals surface area contributed by atoms with E-state index in [0.717, 1.165) is 25.7 Å². The molecule has 4 aromatic carbocycles. The van der Waals surface area contributed by atoms with Gasteiger partial charge in [-0.1, -0.05) is 163 Å². The van der Waals surface area contributed by atoms with Crippen molar-refractivity contribution in [3.63, 3.8) is 0 Å². The van der Waals surface area contributed by atoms with Crippen molar-refractivity contribution in [1.29, 1.82) is 0 Å². The zero-order chi connectivity index (χ0) is 29.8. The predicted molar refractivity (Wildman–Crippen MR) is 183 cm³/mol. The van der Waals surface area contributed by atoms with E-state index in [1.165, 1.54) is 20.7 Å². The van der Waals surface area contributed by atoms with Gasteiger partial charge in [0.1, 0.15) is 0 Å². The minimum absolute atomic E-state index is 0.0402. The van der Waals surface area contributed by atoms with Gasteiger partial charge in [-0.05, 0) is 56.5 Å². The van der Waals surface area contributed by atoms with Crippen molar-refractivity contribution in [1.82, 2.24) is 0 Å². The summed E-state index contributed by atoms with van der Waals surface area (Å²) in [5.74, 6) is 0. The lowest BCUT2D eigenvalue weighted by Crippen LogP contribution is -2.69. The minimum atomic E-state index is -2.63. The van der Waals surface area contributed by atoms with Crippen LogP contribution in [0.5, 0.6) is 0 Å². The third-order valence-corrected chi connectivity index (χ3v) is 19.3. The zero-order valence-corrected chi connectivity index (χ0v) is 28.3. The molecule has 1 fully saturated rings. The second kappa shape index (κ2) is 12.5. The predicted octanol–water partition coefficient (Wildman–Crippen LogP) is 7.45. The number of hydrogen-bond acceptors (Lipinski definition) is 2. The van der Waals surface area contributed by atoms with Crippen LogP contribution in [0.3, 0.4) is 0 Å². The molecule has 0 radical (unpaired) electrons. The summed E-state index contributed by atoms with van der Waals surface area (Å²) in [7, 11) is -5.27. The maximum atomic E-state index is 7.63. The summed E-state index contributed by atoms with van der Waals surface area (Å²) in [5.41, 5.74) is 0. The third kappa shape index (κ3) is 5.87. The molecule has 2 nitrogen and oxygen atoms in total. The Labute approximate surface area is 256 Å². The van der Waals surface area contributed by atoms with Crippen molar-refractivity contribution in [2.75, 3.05) is 0 Å². The van der Waals surface area contributed by atoms with Gasteiger partial charge in [-0.2, -0.15) is 0 Å². The van der Waals surface area contributed by atoms with Gasteiger partial charge in [0, 0.05) is 12.2 Å². The molecule has 0 aliphatic heterocycles. The van der Waals surface area contributed by atoms with Crippen LogP contribution in [-0.2, 0) is 8.85 Å². The van der Waals surface area contributed by atoms with Crippen LogP contribution in [0.15, 0.2) is 121 Å². The average Bonchev–Trinajstić information content (AvgIpc) is 2.99. The molecule has 2 unspecified atom stereocenters. The highest BCUT2D eigenvalue weighted by Crippen LogP contribution is 2.42. The Morgan fingerprint density at radius 3 is 0.952 bits per heavy atom. The van der Waals surface area contributed by atoms with Crippen LogP contribution < -0.4 is 20.7 Å². The monoisotopic (exact) mass is 592 g/mol. The molecule has 0 heterocycles. The first-order valence-electron chi connectivity index (χ1n) is 15.7. The molecule has 0 bridgehead atoms. The van der Waals surface area contributed by atoms with E-state index in [9.17, 15) is 0 Å². The third-order valence-electron chi connectivity index (χ3n) is 9.10. The number of benzene rings is 4. The topological polar surface area (TPSA) is 18.5 Å². The van der Waals surface area contributed by atoms with Gasteiger partial charge in [0.2, 0.25) is 0 Å². The van der Waals surface area contributed by atoms with Crippen LogP contribution in [0, 0.1) is 0 Å². The van der Waals surface area contributed by atoms with E-state index in [2.05, 4.69) is 163 Å². The zero-order valence-electron chi connectivity index (χ0n) is 26.3. The van der Waals surface area contributed by atoms with Gasteiger partial charge in [-0.15, -0.1) is 0 Å². The van der Waals surface area contributed by atoms with Crippen LogP contribution in [-0.4, -0.2) is 28.8 Å². The van der Waals surface area contributed by atoms with Crippen LogP contribution >= 0.6 is 0 Å². The molecular formula is C38H48O2Si2. The Bertz CT molecular complexity index is 1210. The fourth-order valence-corrected chi connectivity index (χ4v) is 16.7. The Morgan fingerprint density at radius 2 is 0.714 bits per heavy atom. The Balaban J connectivity index is 1.54. The highest BCUT2D eigenvalue weighted by Gasteiger charge is 2.54. The van der Waals surface area contributed by atoms with Crippen molar-refractivity contribution >= 4 is 37.4 Å². The molecule has 1 aliphatic carbocycles. The molecule has 0 aromatic heterocycles. The lowest BCUT2D eigenvalue weighted by Gasteiger charge is -2.49. The summed E-state index contributed by atoms with van der Waals surface area (Å²) in [6.45, 7) is 14.2. The summed E-state index contributed by atoms with van der Waals surface area (Å²) in [4.78, 5) is 0. The summed E-state index contributed by atoms with van der Waals surface area (Å²) in [6.07, 6.45) is 4.48. The van der Waals surface area contributed by atoms with Crippen molar-refractivity contribution < 1.29 is 8.85 Å². The van der Waals surface area contributed by atoms with Crippen LogP contribution in [0.1, 0.15) is 67.2 Å². The van der Waals surface area contributed by atoms with E-state index in [-0.39, 0.29) is 22.3 Å². The Kier molecular flexibility index (Phi) is 9.10. The first-order chi connectivity index (χ1) is 20.1. The standard InChI is InChI=1S/C38H48O2Si2/c1-37(2,3)41(33-22-11-7-12-23-33,34-24-13-8-14-25-34)39-31-20-19-21-32(30-31)40-42(38(4,5)6,35-26-15-9-16-27-35)36-28-17-10-18-29-36/h7-18,22-29,31-32H,19-21,30H2,1-6H3. The van der Waals surface area contributed by atoms with Gasteiger partial charge in [0.05, 0.1) is 0 Å². The van der Waals surface area contributed by atoms with Gasteiger partial charge in [-0.25, -0.2) is 0 Å². The van der Waals surface area contributed by atoms with E-state index in [4.69, 9.17) is 8.85 Å². The van der Waals surface area contributed by atoms with E-state index < -0.39 is 16.6 Å². The lowest BCUT2D eigenvalue weighted by atomic mass is 9.95. The highest BCUT2D eigenvalue weighted by atomic mass is 28.4. The fraction of sp³-hybridized carbons (Fsp3) is 0.368. The van der Waals surface area contributed by atoms with Crippen LogP contribution in [0.4, 0.5) is 0 Å². The molecule has 4 heteroatoms. The summed E-state index contributed by atoms with van der Waals surface area (Å²) in [6, 6.07) is 44.2. The molecule has 0 amide bonds. The normalized spacial score (nSPS) is 18.5. The van der Waals surface area contributed by atoms with Gasteiger partial charge in [-0.3, -0.25) is 0 Å². The highest BCUT2D eigenvalue weighted by molar-refractivity contribution is 7.00. The quantitative estimate of drug-likeness (QED) is 0.198. The molecule has 2 atom stereocenters. The van der Waals surface area contributed by atoms with Gasteiger partial charge >= 0.3 is 0 Å². The fourth-order valence-electron chi connectivity index (χ4n) is 7.20. The SMILES string of the molecule is CC(C)(C)[Si](OC1CCCC(O[Si](c2ccccc2)(c2ccccc2)C(C)(C)C)C1)(c1ccccc1)c1ccccc1. The number of rotatable bonds is 8. The molecule has 1 aliphatic rings. The molecule has 0 N–H and O–H groups in total. The second-order valence-corrected chi connectivity index (χ2v) is 22.5. The summed E-state index contributed by atoms with van der Waals surface area (Å²) in [5, 5.41) is 5.30. The van der Waals surface area contributed by atoms with E-state index in [1.807, 2.05) is 0 Å². The summed E-state index contributed by atoms with van der Waals surface area (Å²) >= 11 is 0. The van der Waals surface area contributed by atoms with Crippen molar-refractivity contribution in [3.05, 3.63) is 121 Å². The largest absolute Gasteiger partial charge is 0.404 e. The van der Waals surface area contributed by atoms with E-state index in [1.54, 1.807) is 0 Å². The smallest absolute Gasteiger partial charge is 0.261 e. The molecule has 42 heavy (non-hydrogen) atoms. The maximum absolute atomic E-state index is 7.63. The molecular weight excluding hydrogens is 545 g/mol. The van der Waals surface area contributed by atoms with Crippen LogP contribution in [0.25, 0.3) is 0 Å². The van der Waals surface area contributed by atoms with Crippen molar-refractivity contribution in [3.8, 4) is 0 Å². The minimum Gasteiger partial charge on any atom is -0.404 e. The van der Waals surface area contributed by atoms with E-state index >= 15 is 0 Å². The molecule has 0 saturated heterocycles. The number of hydrogen-bond donors (Lipinski definition) is 0.